The second-order valence-electron chi connectivity index (χ2n) is 4.95. The number of nitrogens with one attached hydrogen (secondary N) is 1. The van der Waals surface area contributed by atoms with Crippen molar-refractivity contribution in [1.82, 2.24) is 15.1 Å². The van der Waals surface area contributed by atoms with Crippen molar-refractivity contribution in [2.75, 3.05) is 6.54 Å². The molecule has 0 radical (unpaired) electrons. The smallest absolute Gasteiger partial charge is 0.310 e. The third-order valence-electron chi connectivity index (χ3n) is 3.21. The van der Waals surface area contributed by atoms with Gasteiger partial charge in [-0.3, -0.25) is 0 Å². The molecule has 0 bridgehead atoms. The van der Waals surface area contributed by atoms with E-state index in [9.17, 15) is 13.2 Å². The van der Waals surface area contributed by atoms with E-state index in [-0.39, 0.29) is 12.5 Å². The molecule has 1 atom stereocenters. The summed E-state index contributed by atoms with van der Waals surface area (Å²) in [5.41, 5.74) is 1.90. The lowest BCUT2D eigenvalue weighted by Crippen LogP contribution is -2.21. The summed E-state index contributed by atoms with van der Waals surface area (Å²) >= 11 is 0. The molecular formula is C15H18F3N3. The van der Waals surface area contributed by atoms with Crippen LogP contribution in [0.4, 0.5) is 13.2 Å². The maximum atomic E-state index is 12.1. The topological polar surface area (TPSA) is 29.9 Å². The number of benzene rings is 1. The van der Waals surface area contributed by atoms with Gasteiger partial charge in [0.1, 0.15) is 0 Å². The van der Waals surface area contributed by atoms with E-state index in [0.717, 1.165) is 11.3 Å². The lowest BCUT2D eigenvalue weighted by molar-refractivity contribution is -0.135. The van der Waals surface area contributed by atoms with Gasteiger partial charge in [-0.2, -0.15) is 18.3 Å². The Bertz CT molecular complexity index is 549. The highest BCUT2D eigenvalue weighted by molar-refractivity contribution is 5.31. The fourth-order valence-electron chi connectivity index (χ4n) is 2.01. The van der Waals surface area contributed by atoms with Crippen molar-refractivity contribution in [3.8, 4) is 5.69 Å². The molecule has 3 nitrogen and oxygen atoms in total. The highest BCUT2D eigenvalue weighted by Crippen LogP contribution is 2.21. The summed E-state index contributed by atoms with van der Waals surface area (Å²) in [6.07, 6.45) is -1.13. The van der Waals surface area contributed by atoms with Gasteiger partial charge in [-0.1, -0.05) is 18.2 Å². The first-order valence-corrected chi connectivity index (χ1v) is 6.86. The second kappa shape index (κ2) is 6.76. The molecule has 1 aromatic carbocycles. The van der Waals surface area contributed by atoms with Gasteiger partial charge >= 0.3 is 6.18 Å². The van der Waals surface area contributed by atoms with Crippen molar-refractivity contribution < 1.29 is 13.2 Å². The zero-order chi connectivity index (χ0) is 15.3. The first kappa shape index (κ1) is 15.6. The van der Waals surface area contributed by atoms with Crippen molar-refractivity contribution in [2.24, 2.45) is 0 Å². The van der Waals surface area contributed by atoms with Crippen LogP contribution in [0.15, 0.2) is 42.7 Å². The summed E-state index contributed by atoms with van der Waals surface area (Å²) in [5, 5.41) is 7.35. The zero-order valence-electron chi connectivity index (χ0n) is 11.8. The molecule has 0 amide bonds. The molecule has 1 unspecified atom stereocenters. The number of para-hydroxylation sites is 1. The average molecular weight is 297 g/mol. The highest BCUT2D eigenvalue weighted by atomic mass is 19.4. The number of halogens is 3. The van der Waals surface area contributed by atoms with Gasteiger partial charge in [0.2, 0.25) is 0 Å². The van der Waals surface area contributed by atoms with Crippen LogP contribution in [-0.4, -0.2) is 22.5 Å². The van der Waals surface area contributed by atoms with Crippen LogP contribution in [0.2, 0.25) is 0 Å². The van der Waals surface area contributed by atoms with Crippen LogP contribution < -0.4 is 5.32 Å². The van der Waals surface area contributed by atoms with Gasteiger partial charge in [0.15, 0.2) is 0 Å². The fourth-order valence-corrected chi connectivity index (χ4v) is 2.01. The Hall–Kier alpha value is -1.82. The third-order valence-corrected chi connectivity index (χ3v) is 3.21. The first-order chi connectivity index (χ1) is 9.96. The van der Waals surface area contributed by atoms with Crippen LogP contribution in [0.3, 0.4) is 0 Å². The molecule has 0 aliphatic rings. The third kappa shape index (κ3) is 4.90. The number of nitrogens with zero attached hydrogens (tertiary/aromatic N) is 2. The Labute approximate surface area is 121 Å². The predicted octanol–water partition coefficient (Wildman–Crippen LogP) is 3.87. The van der Waals surface area contributed by atoms with E-state index < -0.39 is 12.6 Å². The predicted molar refractivity (Wildman–Crippen MR) is 75.3 cm³/mol. The van der Waals surface area contributed by atoms with E-state index in [1.54, 1.807) is 10.9 Å². The van der Waals surface area contributed by atoms with E-state index in [0.29, 0.717) is 6.54 Å². The van der Waals surface area contributed by atoms with Gasteiger partial charge in [-0.05, 0) is 32.0 Å². The summed E-state index contributed by atoms with van der Waals surface area (Å²) in [7, 11) is 0. The van der Waals surface area contributed by atoms with E-state index in [1.807, 2.05) is 43.5 Å². The Morgan fingerprint density at radius 1 is 1.24 bits per heavy atom. The molecule has 114 valence electrons. The van der Waals surface area contributed by atoms with Crippen molar-refractivity contribution >= 4 is 0 Å². The highest BCUT2D eigenvalue weighted by Gasteiger charge is 2.25. The van der Waals surface area contributed by atoms with Gasteiger partial charge in [0.05, 0.1) is 11.9 Å². The molecule has 1 aromatic heterocycles. The van der Waals surface area contributed by atoms with Gasteiger partial charge in [0, 0.05) is 24.2 Å². The van der Waals surface area contributed by atoms with Crippen LogP contribution in [0.5, 0.6) is 0 Å². The SMILES string of the molecule is CC(NCCCC(F)(F)F)c1cnn(-c2ccccc2)c1. The van der Waals surface area contributed by atoms with Crippen LogP contribution in [0.1, 0.15) is 31.4 Å². The number of alkyl halides is 3. The standard InChI is InChI=1S/C15H18F3N3/c1-12(19-9-5-8-15(16,17)18)13-10-20-21(11-13)14-6-3-2-4-7-14/h2-4,6-7,10-12,19H,5,8-9H2,1H3. The lowest BCUT2D eigenvalue weighted by atomic mass is 10.2. The number of hydrogen-bond donors (Lipinski definition) is 1. The minimum atomic E-state index is -4.08. The molecule has 0 saturated heterocycles. The van der Waals surface area contributed by atoms with E-state index in [4.69, 9.17) is 0 Å². The number of rotatable bonds is 6. The largest absolute Gasteiger partial charge is 0.389 e. The first-order valence-electron chi connectivity index (χ1n) is 6.86. The van der Waals surface area contributed by atoms with Crippen molar-refractivity contribution in [1.29, 1.82) is 0 Å². The Morgan fingerprint density at radius 3 is 2.62 bits per heavy atom. The molecule has 0 spiro atoms. The second-order valence-corrected chi connectivity index (χ2v) is 4.95. The van der Waals surface area contributed by atoms with Crippen LogP contribution in [0, 0.1) is 0 Å². The minimum Gasteiger partial charge on any atom is -0.310 e. The summed E-state index contributed by atoms with van der Waals surface area (Å²) in [4.78, 5) is 0. The molecule has 1 heterocycles. The Balaban J connectivity index is 1.86. The van der Waals surface area contributed by atoms with Crippen molar-refractivity contribution in [3.05, 3.63) is 48.3 Å². The van der Waals surface area contributed by atoms with Gasteiger partial charge in [0.25, 0.3) is 0 Å². The molecule has 1 N–H and O–H groups in total. The Morgan fingerprint density at radius 2 is 1.95 bits per heavy atom. The van der Waals surface area contributed by atoms with Crippen molar-refractivity contribution in [3.63, 3.8) is 0 Å². The molecule has 2 rings (SSSR count). The summed E-state index contributed by atoms with van der Waals surface area (Å²) in [5.74, 6) is 0. The number of hydrogen-bond acceptors (Lipinski definition) is 2. The van der Waals surface area contributed by atoms with Gasteiger partial charge < -0.3 is 5.32 Å². The fraction of sp³-hybridized carbons (Fsp3) is 0.400. The lowest BCUT2D eigenvalue weighted by Gasteiger charge is -2.12. The monoisotopic (exact) mass is 297 g/mol. The van der Waals surface area contributed by atoms with Crippen molar-refractivity contribution in [2.45, 2.75) is 32.0 Å². The molecular weight excluding hydrogens is 279 g/mol. The molecule has 0 saturated carbocycles. The van der Waals surface area contributed by atoms with Crippen LogP contribution >= 0.6 is 0 Å². The molecule has 2 aromatic rings. The van der Waals surface area contributed by atoms with E-state index >= 15 is 0 Å². The molecule has 21 heavy (non-hydrogen) atoms. The minimum absolute atomic E-state index is 0.0318. The maximum absolute atomic E-state index is 12.1. The van der Waals surface area contributed by atoms with Gasteiger partial charge in [-0.25, -0.2) is 4.68 Å². The zero-order valence-corrected chi connectivity index (χ0v) is 11.8. The summed E-state index contributed by atoms with van der Waals surface area (Å²) in [6, 6.07) is 9.64. The van der Waals surface area contributed by atoms with Gasteiger partial charge in [-0.15, -0.1) is 0 Å². The maximum Gasteiger partial charge on any atom is 0.389 e. The van der Waals surface area contributed by atoms with Crippen LogP contribution in [-0.2, 0) is 0 Å². The molecule has 0 fully saturated rings. The molecule has 6 heteroatoms. The average Bonchev–Trinajstić information content (AvgIpc) is 2.93. The molecule has 0 aliphatic heterocycles. The van der Waals surface area contributed by atoms with Crippen LogP contribution in [0.25, 0.3) is 5.69 Å². The quantitative estimate of drug-likeness (QED) is 0.820. The Kier molecular flexibility index (Phi) is 5.01. The van der Waals surface area contributed by atoms with E-state index in [2.05, 4.69) is 10.4 Å². The normalized spacial score (nSPS) is 13.3. The summed E-state index contributed by atoms with van der Waals surface area (Å²) < 4.78 is 37.9. The molecule has 0 aliphatic carbocycles. The summed E-state index contributed by atoms with van der Waals surface area (Å²) in [6.45, 7) is 2.25. The number of aromatic nitrogens is 2. The van der Waals surface area contributed by atoms with E-state index in [1.165, 1.54) is 0 Å².